The zero-order chi connectivity index (χ0) is 13.8. The Hall–Kier alpha value is -1.42. The molecule has 1 aliphatic rings. The largest absolute Gasteiger partial charge is 0.450 e. The van der Waals surface area contributed by atoms with E-state index in [0.29, 0.717) is 19.7 Å². The van der Waals surface area contributed by atoms with E-state index in [9.17, 15) is 4.79 Å². The smallest absolute Gasteiger partial charge is 0.409 e. The number of piperazine rings is 1. The lowest BCUT2D eigenvalue weighted by Gasteiger charge is -2.35. The number of hydrogen-bond acceptors (Lipinski definition) is 3. The zero-order valence-electron chi connectivity index (χ0n) is 11.4. The molecule has 1 amide bonds. The maximum atomic E-state index is 11.6. The van der Waals surface area contributed by atoms with Gasteiger partial charge in [-0.2, -0.15) is 0 Å². The van der Waals surface area contributed by atoms with Crippen molar-refractivity contribution in [1.82, 2.24) is 4.90 Å². The van der Waals surface area contributed by atoms with E-state index in [4.69, 9.17) is 16.3 Å². The first kappa shape index (κ1) is 14.0. The van der Waals surface area contributed by atoms with Gasteiger partial charge in [0.25, 0.3) is 0 Å². The van der Waals surface area contributed by atoms with Crippen LogP contribution in [-0.2, 0) is 4.74 Å². The second-order valence-electron chi connectivity index (χ2n) is 4.61. The molecule has 0 aromatic heterocycles. The summed E-state index contributed by atoms with van der Waals surface area (Å²) in [5, 5.41) is 0.783. The summed E-state index contributed by atoms with van der Waals surface area (Å²) < 4.78 is 5.00. The molecule has 0 N–H and O–H groups in total. The van der Waals surface area contributed by atoms with Crippen LogP contribution in [0, 0.1) is 6.92 Å². The van der Waals surface area contributed by atoms with Crippen molar-refractivity contribution in [3.05, 3.63) is 28.8 Å². The average Bonchev–Trinajstić information content (AvgIpc) is 2.42. The molecule has 0 radical (unpaired) electrons. The number of carbonyl (C=O) groups is 1. The van der Waals surface area contributed by atoms with E-state index in [1.807, 2.05) is 26.0 Å². The van der Waals surface area contributed by atoms with Crippen molar-refractivity contribution in [3.8, 4) is 0 Å². The maximum Gasteiger partial charge on any atom is 0.409 e. The monoisotopic (exact) mass is 282 g/mol. The normalized spacial score (nSPS) is 15.5. The number of rotatable bonds is 2. The number of aryl methyl sites for hydroxylation is 1. The summed E-state index contributed by atoms with van der Waals surface area (Å²) in [7, 11) is 0. The molecule has 2 rings (SSSR count). The number of hydrogen-bond donors (Lipinski definition) is 0. The molecule has 0 bridgehead atoms. The fourth-order valence-corrected chi connectivity index (χ4v) is 2.32. The molecule has 0 aliphatic carbocycles. The van der Waals surface area contributed by atoms with E-state index in [-0.39, 0.29) is 6.09 Å². The van der Waals surface area contributed by atoms with Gasteiger partial charge in [-0.3, -0.25) is 0 Å². The summed E-state index contributed by atoms with van der Waals surface area (Å²) in [5.41, 5.74) is 2.19. The molecule has 4 nitrogen and oxygen atoms in total. The predicted molar refractivity (Wildman–Crippen MR) is 77.0 cm³/mol. The van der Waals surface area contributed by atoms with Gasteiger partial charge in [0.2, 0.25) is 0 Å². The van der Waals surface area contributed by atoms with Gasteiger partial charge in [-0.05, 0) is 31.5 Å². The summed E-state index contributed by atoms with van der Waals surface area (Å²) in [6, 6.07) is 6.08. The number of benzene rings is 1. The van der Waals surface area contributed by atoms with Gasteiger partial charge in [-0.1, -0.05) is 17.7 Å². The summed E-state index contributed by atoms with van der Waals surface area (Å²) in [6.07, 6.45) is -0.218. The van der Waals surface area contributed by atoms with Crippen LogP contribution in [-0.4, -0.2) is 43.8 Å². The van der Waals surface area contributed by atoms with Crippen LogP contribution in [0.25, 0.3) is 0 Å². The quantitative estimate of drug-likeness (QED) is 0.836. The highest BCUT2D eigenvalue weighted by Crippen LogP contribution is 2.24. The van der Waals surface area contributed by atoms with Crippen LogP contribution in [0.3, 0.4) is 0 Å². The van der Waals surface area contributed by atoms with Gasteiger partial charge >= 0.3 is 6.09 Å². The van der Waals surface area contributed by atoms with Crippen LogP contribution in [0.1, 0.15) is 12.5 Å². The fourth-order valence-electron chi connectivity index (χ4n) is 2.14. The number of ether oxygens (including phenoxy) is 1. The number of halogens is 1. The summed E-state index contributed by atoms with van der Waals surface area (Å²) in [5.74, 6) is 0. The van der Waals surface area contributed by atoms with Gasteiger partial charge in [-0.25, -0.2) is 4.79 Å². The molecule has 104 valence electrons. The Bertz CT molecular complexity index is 457. The summed E-state index contributed by atoms with van der Waals surface area (Å²) in [6.45, 7) is 7.21. The van der Waals surface area contributed by atoms with Crippen LogP contribution in [0.2, 0.25) is 5.02 Å². The van der Waals surface area contributed by atoms with Gasteiger partial charge in [0.15, 0.2) is 0 Å². The van der Waals surface area contributed by atoms with Crippen LogP contribution in [0.5, 0.6) is 0 Å². The molecule has 1 heterocycles. The molecule has 19 heavy (non-hydrogen) atoms. The number of carbonyl (C=O) groups excluding carboxylic acids is 1. The van der Waals surface area contributed by atoms with Crippen molar-refractivity contribution < 1.29 is 9.53 Å². The lowest BCUT2D eigenvalue weighted by Crippen LogP contribution is -2.49. The Balaban J connectivity index is 1.96. The zero-order valence-corrected chi connectivity index (χ0v) is 12.1. The van der Waals surface area contributed by atoms with E-state index in [1.54, 1.807) is 4.90 Å². The van der Waals surface area contributed by atoms with Crippen molar-refractivity contribution in [2.24, 2.45) is 0 Å². The number of amides is 1. The SMILES string of the molecule is CCOC(=O)N1CCN(c2ccc(C)c(Cl)c2)CC1. The molecule has 1 saturated heterocycles. The standard InChI is InChI=1S/C14H19ClN2O2/c1-3-19-14(18)17-8-6-16(7-9-17)12-5-4-11(2)13(15)10-12/h4-5,10H,3,6-9H2,1-2H3. The van der Waals surface area contributed by atoms with E-state index in [2.05, 4.69) is 11.0 Å². The van der Waals surface area contributed by atoms with Gasteiger partial charge in [0, 0.05) is 36.9 Å². The molecule has 0 saturated carbocycles. The van der Waals surface area contributed by atoms with Crippen LogP contribution in [0.4, 0.5) is 10.5 Å². The third-order valence-corrected chi connectivity index (χ3v) is 3.73. The first-order valence-corrected chi connectivity index (χ1v) is 6.92. The molecule has 1 fully saturated rings. The molecular weight excluding hydrogens is 264 g/mol. The molecule has 1 aromatic rings. The van der Waals surface area contributed by atoms with E-state index in [0.717, 1.165) is 29.4 Å². The van der Waals surface area contributed by atoms with Crippen molar-refractivity contribution in [1.29, 1.82) is 0 Å². The third-order valence-electron chi connectivity index (χ3n) is 3.33. The Kier molecular flexibility index (Phi) is 4.53. The molecule has 5 heteroatoms. The topological polar surface area (TPSA) is 32.8 Å². The van der Waals surface area contributed by atoms with E-state index < -0.39 is 0 Å². The van der Waals surface area contributed by atoms with Gasteiger partial charge in [0.1, 0.15) is 0 Å². The van der Waals surface area contributed by atoms with Crippen molar-refractivity contribution in [3.63, 3.8) is 0 Å². The second kappa shape index (κ2) is 6.15. The van der Waals surface area contributed by atoms with E-state index >= 15 is 0 Å². The Morgan fingerprint density at radius 2 is 2.00 bits per heavy atom. The second-order valence-corrected chi connectivity index (χ2v) is 5.01. The first-order chi connectivity index (χ1) is 9.11. The Morgan fingerprint density at radius 1 is 1.32 bits per heavy atom. The van der Waals surface area contributed by atoms with Crippen LogP contribution >= 0.6 is 11.6 Å². The van der Waals surface area contributed by atoms with Gasteiger partial charge in [-0.15, -0.1) is 0 Å². The minimum Gasteiger partial charge on any atom is -0.450 e. The van der Waals surface area contributed by atoms with Crippen molar-refractivity contribution in [2.45, 2.75) is 13.8 Å². The number of nitrogens with zero attached hydrogens (tertiary/aromatic N) is 2. The van der Waals surface area contributed by atoms with Crippen LogP contribution < -0.4 is 4.90 Å². The lowest BCUT2D eigenvalue weighted by molar-refractivity contribution is 0.105. The Morgan fingerprint density at radius 3 is 2.58 bits per heavy atom. The third kappa shape index (κ3) is 3.32. The fraction of sp³-hybridized carbons (Fsp3) is 0.500. The molecular formula is C14H19ClN2O2. The molecule has 0 unspecified atom stereocenters. The van der Waals surface area contributed by atoms with Gasteiger partial charge in [0.05, 0.1) is 6.61 Å². The summed E-state index contributed by atoms with van der Waals surface area (Å²) in [4.78, 5) is 15.6. The Labute approximate surface area is 118 Å². The molecule has 1 aliphatic heterocycles. The highest BCUT2D eigenvalue weighted by atomic mass is 35.5. The first-order valence-electron chi connectivity index (χ1n) is 6.54. The van der Waals surface area contributed by atoms with Crippen molar-refractivity contribution >= 4 is 23.4 Å². The average molecular weight is 283 g/mol. The maximum absolute atomic E-state index is 11.6. The van der Waals surface area contributed by atoms with E-state index in [1.165, 1.54) is 0 Å². The predicted octanol–water partition coefficient (Wildman–Crippen LogP) is 2.93. The minimum absolute atomic E-state index is 0.218. The molecule has 0 atom stereocenters. The number of anilines is 1. The highest BCUT2D eigenvalue weighted by Gasteiger charge is 2.22. The molecule has 0 spiro atoms. The van der Waals surface area contributed by atoms with Crippen LogP contribution in [0.15, 0.2) is 18.2 Å². The minimum atomic E-state index is -0.218. The lowest BCUT2D eigenvalue weighted by atomic mass is 10.2. The highest BCUT2D eigenvalue weighted by molar-refractivity contribution is 6.31. The summed E-state index contributed by atoms with van der Waals surface area (Å²) >= 11 is 6.14. The van der Waals surface area contributed by atoms with Gasteiger partial charge < -0.3 is 14.5 Å². The van der Waals surface area contributed by atoms with Crippen molar-refractivity contribution in [2.75, 3.05) is 37.7 Å². The molecule has 1 aromatic carbocycles.